The maximum Gasteiger partial charge on any atom is 0.304 e. The van der Waals surface area contributed by atoms with Crippen molar-refractivity contribution in [3.05, 3.63) is 42.6 Å². The van der Waals surface area contributed by atoms with Crippen molar-refractivity contribution >= 4 is 28.6 Å². The first-order chi connectivity index (χ1) is 9.19. The quantitative estimate of drug-likeness (QED) is 0.731. The van der Waals surface area contributed by atoms with Crippen LogP contribution in [0, 0.1) is 11.8 Å². The van der Waals surface area contributed by atoms with Crippen LogP contribution in [0.3, 0.4) is 0 Å². The first kappa shape index (κ1) is 13.5. The van der Waals surface area contributed by atoms with Crippen LogP contribution in [0.1, 0.15) is 20.2 Å². The zero-order valence-corrected chi connectivity index (χ0v) is 11.4. The molecular formula is C12H10N2O3S2. The fraction of sp³-hybridized carbons (Fsp3) is 0.167. The van der Waals surface area contributed by atoms with Gasteiger partial charge in [-0.25, -0.2) is 0 Å². The molecule has 3 N–H and O–H groups in total. The smallest absolute Gasteiger partial charge is 0.304 e. The van der Waals surface area contributed by atoms with E-state index in [1.165, 1.54) is 11.3 Å². The van der Waals surface area contributed by atoms with E-state index < -0.39 is 0 Å². The summed E-state index contributed by atoms with van der Waals surface area (Å²) < 4.78 is 0. The number of nitrogens with one attached hydrogen (secondary N) is 2. The second-order valence-electron chi connectivity index (χ2n) is 3.48. The summed E-state index contributed by atoms with van der Waals surface area (Å²) in [6.45, 7) is 0.0814. The second kappa shape index (κ2) is 6.33. The highest BCUT2D eigenvalue weighted by Gasteiger charge is 2.08. The molecule has 0 atom stereocenters. The number of aromatic nitrogens is 1. The summed E-state index contributed by atoms with van der Waals surface area (Å²) in [7, 11) is 0. The average molecular weight is 294 g/mol. The Morgan fingerprint density at radius 2 is 2.32 bits per heavy atom. The number of amides is 1. The third-order valence-corrected chi connectivity index (χ3v) is 3.85. The van der Waals surface area contributed by atoms with Crippen LogP contribution in [0.5, 0.6) is 0 Å². The fourth-order valence-electron chi connectivity index (χ4n) is 1.32. The summed E-state index contributed by atoms with van der Waals surface area (Å²) in [5, 5.41) is 13.0. The lowest BCUT2D eigenvalue weighted by atomic mass is 10.4. The number of aliphatic hydroxyl groups is 1. The third kappa shape index (κ3) is 3.79. The van der Waals surface area contributed by atoms with Crippen molar-refractivity contribution < 1.29 is 9.90 Å². The van der Waals surface area contributed by atoms with Crippen LogP contribution in [0.15, 0.2) is 22.3 Å². The van der Waals surface area contributed by atoms with Crippen LogP contribution < -0.4 is 10.2 Å². The highest BCUT2D eigenvalue weighted by Crippen LogP contribution is 2.15. The maximum absolute atomic E-state index is 11.8. The van der Waals surface area contributed by atoms with Gasteiger partial charge in [-0.05, 0) is 12.1 Å². The third-order valence-electron chi connectivity index (χ3n) is 2.13. The van der Waals surface area contributed by atoms with E-state index in [4.69, 9.17) is 5.11 Å². The SMILES string of the molecule is O=C(NCc1csc(=O)[nH]1)c1ccc(C#CCO)s1. The maximum atomic E-state index is 11.8. The van der Waals surface area contributed by atoms with E-state index in [2.05, 4.69) is 22.1 Å². The molecule has 2 rings (SSSR count). The minimum absolute atomic E-state index is 0.137. The van der Waals surface area contributed by atoms with Crippen molar-refractivity contribution in [2.75, 3.05) is 6.61 Å². The average Bonchev–Trinajstić information content (AvgIpc) is 3.02. The number of hydrogen-bond acceptors (Lipinski definition) is 5. The highest BCUT2D eigenvalue weighted by molar-refractivity contribution is 7.14. The largest absolute Gasteiger partial charge is 0.384 e. The molecule has 0 aliphatic rings. The molecule has 0 radical (unpaired) electrons. The first-order valence-corrected chi connectivity index (χ1v) is 7.03. The number of rotatable bonds is 3. The molecule has 2 aromatic rings. The number of hydrogen-bond donors (Lipinski definition) is 3. The number of aliphatic hydroxyl groups excluding tert-OH is 1. The molecule has 0 saturated carbocycles. The summed E-state index contributed by atoms with van der Waals surface area (Å²) in [6, 6.07) is 3.41. The summed E-state index contributed by atoms with van der Waals surface area (Å²) >= 11 is 2.32. The van der Waals surface area contributed by atoms with Crippen LogP contribution in [0.4, 0.5) is 0 Å². The Morgan fingerprint density at radius 1 is 1.47 bits per heavy atom. The summed E-state index contributed by atoms with van der Waals surface area (Å²) in [5.41, 5.74) is 0.681. The van der Waals surface area contributed by atoms with Crippen LogP contribution in [0.25, 0.3) is 0 Å². The van der Waals surface area contributed by atoms with Gasteiger partial charge in [0.15, 0.2) is 0 Å². The fourth-order valence-corrected chi connectivity index (χ4v) is 2.70. The van der Waals surface area contributed by atoms with Gasteiger partial charge in [-0.1, -0.05) is 23.2 Å². The molecule has 2 aromatic heterocycles. The topological polar surface area (TPSA) is 82.2 Å². The number of carbonyl (C=O) groups excluding carboxylic acids is 1. The van der Waals surface area contributed by atoms with Crippen LogP contribution in [-0.4, -0.2) is 22.6 Å². The molecule has 2 heterocycles. The molecule has 0 aromatic carbocycles. The van der Waals surface area contributed by atoms with Gasteiger partial charge >= 0.3 is 4.87 Å². The Labute approximate surface area is 116 Å². The molecule has 5 nitrogen and oxygen atoms in total. The van der Waals surface area contributed by atoms with Crippen LogP contribution >= 0.6 is 22.7 Å². The van der Waals surface area contributed by atoms with E-state index in [0.29, 0.717) is 10.6 Å². The van der Waals surface area contributed by atoms with Crippen LogP contribution in [-0.2, 0) is 6.54 Å². The zero-order valence-electron chi connectivity index (χ0n) is 9.73. The van der Waals surface area contributed by atoms with E-state index in [9.17, 15) is 9.59 Å². The number of carbonyl (C=O) groups is 1. The van der Waals surface area contributed by atoms with E-state index in [1.54, 1.807) is 17.5 Å². The lowest BCUT2D eigenvalue weighted by Crippen LogP contribution is -2.22. The molecule has 7 heteroatoms. The van der Waals surface area contributed by atoms with Crippen molar-refractivity contribution in [2.45, 2.75) is 6.54 Å². The molecular weight excluding hydrogens is 284 g/mol. The number of aromatic amines is 1. The standard InChI is InChI=1S/C12H10N2O3S2/c15-5-1-2-9-3-4-10(19-9)11(16)13-6-8-7-18-12(17)14-8/h3-4,7,15H,5-6H2,(H,13,16)(H,14,17). The van der Waals surface area contributed by atoms with Crippen molar-refractivity contribution in [3.63, 3.8) is 0 Å². The molecule has 98 valence electrons. The predicted molar refractivity (Wildman–Crippen MR) is 74.4 cm³/mol. The number of H-pyrrole nitrogens is 1. The van der Waals surface area contributed by atoms with Gasteiger partial charge in [0.1, 0.15) is 6.61 Å². The lowest BCUT2D eigenvalue weighted by molar-refractivity contribution is 0.0954. The van der Waals surface area contributed by atoms with E-state index in [-0.39, 0.29) is 23.9 Å². The van der Waals surface area contributed by atoms with E-state index in [0.717, 1.165) is 16.2 Å². The van der Waals surface area contributed by atoms with Gasteiger partial charge in [-0.15, -0.1) is 11.3 Å². The van der Waals surface area contributed by atoms with Gasteiger partial charge in [-0.3, -0.25) is 9.59 Å². The predicted octanol–water partition coefficient (Wildman–Crippen LogP) is 0.772. The Hall–Kier alpha value is -1.88. The Morgan fingerprint density at radius 3 is 3.00 bits per heavy atom. The molecule has 0 aliphatic heterocycles. The van der Waals surface area contributed by atoms with E-state index >= 15 is 0 Å². The van der Waals surface area contributed by atoms with Gasteiger partial charge in [0.25, 0.3) is 5.91 Å². The van der Waals surface area contributed by atoms with Gasteiger partial charge < -0.3 is 15.4 Å². The van der Waals surface area contributed by atoms with Gasteiger partial charge in [-0.2, -0.15) is 0 Å². The Bertz CT molecular complexity index is 687. The molecule has 19 heavy (non-hydrogen) atoms. The minimum atomic E-state index is -0.214. The molecule has 0 spiro atoms. The highest BCUT2D eigenvalue weighted by atomic mass is 32.1. The molecule has 1 amide bonds. The van der Waals surface area contributed by atoms with Gasteiger partial charge in [0.05, 0.1) is 16.3 Å². The normalized spacial score (nSPS) is 9.74. The Balaban J connectivity index is 1.96. The monoisotopic (exact) mass is 294 g/mol. The molecule has 0 unspecified atom stereocenters. The summed E-state index contributed by atoms with van der Waals surface area (Å²) in [5.74, 6) is 5.05. The van der Waals surface area contributed by atoms with Crippen molar-refractivity contribution in [1.82, 2.24) is 10.3 Å². The minimum Gasteiger partial charge on any atom is -0.384 e. The zero-order chi connectivity index (χ0) is 13.7. The Kier molecular flexibility index (Phi) is 4.52. The summed E-state index contributed by atoms with van der Waals surface area (Å²) in [4.78, 5) is 26.5. The first-order valence-electron chi connectivity index (χ1n) is 5.33. The van der Waals surface area contributed by atoms with Gasteiger partial charge in [0, 0.05) is 11.1 Å². The van der Waals surface area contributed by atoms with Gasteiger partial charge in [0.2, 0.25) is 0 Å². The molecule has 0 saturated heterocycles. The summed E-state index contributed by atoms with van der Waals surface area (Å²) in [6.07, 6.45) is 0. The van der Waals surface area contributed by atoms with Crippen molar-refractivity contribution in [2.24, 2.45) is 0 Å². The lowest BCUT2D eigenvalue weighted by Gasteiger charge is -2.00. The number of thiophene rings is 1. The molecule has 0 bridgehead atoms. The molecule has 0 aliphatic carbocycles. The van der Waals surface area contributed by atoms with Crippen molar-refractivity contribution in [3.8, 4) is 11.8 Å². The number of thiazole rings is 1. The molecule has 0 fully saturated rings. The van der Waals surface area contributed by atoms with E-state index in [1.807, 2.05) is 0 Å². The second-order valence-corrected chi connectivity index (χ2v) is 5.41. The van der Waals surface area contributed by atoms with Crippen LogP contribution in [0.2, 0.25) is 0 Å². The van der Waals surface area contributed by atoms with Crippen molar-refractivity contribution in [1.29, 1.82) is 0 Å².